The van der Waals surface area contributed by atoms with Gasteiger partial charge in [0.05, 0.1) is 18.8 Å². The van der Waals surface area contributed by atoms with Crippen molar-refractivity contribution in [3.63, 3.8) is 0 Å². The summed E-state index contributed by atoms with van der Waals surface area (Å²) in [7, 11) is 0. The minimum atomic E-state index is -0.346. The van der Waals surface area contributed by atoms with Crippen LogP contribution in [0.5, 0.6) is 5.75 Å². The van der Waals surface area contributed by atoms with E-state index in [2.05, 4.69) is 5.32 Å². The summed E-state index contributed by atoms with van der Waals surface area (Å²) >= 11 is 0. The number of hydrogen-bond acceptors (Lipinski definition) is 3. The Morgan fingerprint density at radius 1 is 1.00 bits per heavy atom. The highest BCUT2D eigenvalue weighted by Crippen LogP contribution is 2.23. The Bertz CT molecular complexity index is 1290. The number of ether oxygens (including phenoxy) is 1. The molecule has 7 heteroatoms. The largest absolute Gasteiger partial charge is 0.492 e. The van der Waals surface area contributed by atoms with Crippen LogP contribution in [0.25, 0.3) is 10.9 Å². The molecule has 0 unspecified atom stereocenters. The SMILES string of the molecule is CCOc1ccccc1NC(=O)Cn1ccc2ccn(Cc3ccccc3F)c2c1=O. The first-order chi connectivity index (χ1) is 15.1. The zero-order valence-corrected chi connectivity index (χ0v) is 17.0. The fourth-order valence-electron chi connectivity index (χ4n) is 3.51. The van der Waals surface area contributed by atoms with Crippen molar-refractivity contribution in [2.45, 2.75) is 20.0 Å². The molecule has 6 nitrogen and oxygen atoms in total. The number of amides is 1. The number of aromatic nitrogens is 2. The molecule has 4 aromatic rings. The van der Waals surface area contributed by atoms with Crippen LogP contribution >= 0.6 is 0 Å². The smallest absolute Gasteiger partial charge is 0.275 e. The van der Waals surface area contributed by atoms with Crippen molar-refractivity contribution in [1.29, 1.82) is 0 Å². The number of nitrogens with one attached hydrogen (secondary N) is 1. The quantitative estimate of drug-likeness (QED) is 0.492. The highest BCUT2D eigenvalue weighted by Gasteiger charge is 2.13. The molecule has 0 spiro atoms. The monoisotopic (exact) mass is 419 g/mol. The van der Waals surface area contributed by atoms with Gasteiger partial charge in [-0.1, -0.05) is 30.3 Å². The normalized spacial score (nSPS) is 10.9. The zero-order chi connectivity index (χ0) is 21.8. The van der Waals surface area contributed by atoms with Crippen LogP contribution < -0.4 is 15.6 Å². The number of nitrogens with zero attached hydrogens (tertiary/aromatic N) is 2. The summed E-state index contributed by atoms with van der Waals surface area (Å²) in [4.78, 5) is 25.7. The van der Waals surface area contributed by atoms with Gasteiger partial charge in [0.2, 0.25) is 5.91 Å². The Kier molecular flexibility index (Phi) is 5.84. The van der Waals surface area contributed by atoms with Gasteiger partial charge in [0.15, 0.2) is 0 Å². The highest BCUT2D eigenvalue weighted by atomic mass is 19.1. The molecule has 2 heterocycles. The van der Waals surface area contributed by atoms with Gasteiger partial charge >= 0.3 is 0 Å². The second-order valence-corrected chi connectivity index (χ2v) is 7.07. The molecule has 2 aromatic carbocycles. The Hall–Kier alpha value is -3.87. The number of hydrogen-bond donors (Lipinski definition) is 1. The maximum absolute atomic E-state index is 14.1. The van der Waals surface area contributed by atoms with Crippen LogP contribution in [0, 0.1) is 5.82 Å². The van der Waals surface area contributed by atoms with Crippen LogP contribution in [0.1, 0.15) is 12.5 Å². The van der Waals surface area contributed by atoms with Crippen LogP contribution in [-0.2, 0) is 17.9 Å². The van der Waals surface area contributed by atoms with E-state index in [-0.39, 0.29) is 30.4 Å². The van der Waals surface area contributed by atoms with E-state index in [1.54, 1.807) is 65.5 Å². The van der Waals surface area contributed by atoms with E-state index >= 15 is 0 Å². The van der Waals surface area contributed by atoms with E-state index in [4.69, 9.17) is 4.74 Å². The van der Waals surface area contributed by atoms with Gasteiger partial charge < -0.3 is 19.2 Å². The fourth-order valence-corrected chi connectivity index (χ4v) is 3.51. The molecule has 0 atom stereocenters. The van der Waals surface area contributed by atoms with Crippen molar-refractivity contribution in [2.75, 3.05) is 11.9 Å². The lowest BCUT2D eigenvalue weighted by molar-refractivity contribution is -0.116. The summed E-state index contributed by atoms with van der Waals surface area (Å²) in [6, 6.07) is 17.2. The molecule has 0 aliphatic carbocycles. The van der Waals surface area contributed by atoms with Crippen molar-refractivity contribution in [2.24, 2.45) is 0 Å². The molecular formula is C24H22FN3O3. The Morgan fingerprint density at radius 2 is 1.71 bits per heavy atom. The lowest BCUT2D eigenvalue weighted by Gasteiger charge is -2.12. The minimum Gasteiger partial charge on any atom is -0.492 e. The molecule has 0 fully saturated rings. The second kappa shape index (κ2) is 8.87. The summed E-state index contributed by atoms with van der Waals surface area (Å²) in [6.45, 7) is 2.41. The predicted molar refractivity (Wildman–Crippen MR) is 118 cm³/mol. The molecule has 0 radical (unpaired) electrons. The third-order valence-corrected chi connectivity index (χ3v) is 4.97. The summed E-state index contributed by atoms with van der Waals surface area (Å²) in [6.07, 6.45) is 3.34. The minimum absolute atomic E-state index is 0.153. The van der Waals surface area contributed by atoms with Gasteiger partial charge in [-0.2, -0.15) is 0 Å². The molecular weight excluding hydrogens is 397 g/mol. The molecule has 0 saturated carbocycles. The van der Waals surface area contributed by atoms with Crippen molar-refractivity contribution >= 4 is 22.5 Å². The van der Waals surface area contributed by atoms with E-state index in [1.165, 1.54) is 10.6 Å². The molecule has 0 saturated heterocycles. The summed E-state index contributed by atoms with van der Waals surface area (Å²) in [5.74, 6) is -0.103. The maximum atomic E-state index is 14.1. The number of pyridine rings is 1. The van der Waals surface area contributed by atoms with Crippen LogP contribution in [-0.4, -0.2) is 21.6 Å². The number of carbonyl (C=O) groups excluding carboxylic acids is 1. The molecule has 2 aromatic heterocycles. The summed E-state index contributed by atoms with van der Waals surface area (Å²) in [5.41, 5.74) is 1.15. The van der Waals surface area contributed by atoms with Gasteiger partial charge in [-0.15, -0.1) is 0 Å². The van der Waals surface area contributed by atoms with Crippen LogP contribution in [0.3, 0.4) is 0 Å². The number of fused-ring (bicyclic) bond motifs is 1. The Labute approximate surface area is 178 Å². The van der Waals surface area contributed by atoms with E-state index < -0.39 is 0 Å². The number of rotatable bonds is 7. The average molecular weight is 419 g/mol. The summed E-state index contributed by atoms with van der Waals surface area (Å²) in [5, 5.41) is 3.53. The van der Waals surface area contributed by atoms with Crippen molar-refractivity contribution < 1.29 is 13.9 Å². The standard InChI is InChI=1S/C24H22FN3O3/c1-2-31-21-10-6-5-9-20(21)26-22(29)16-28-14-12-17-11-13-27(23(17)24(28)30)15-18-7-3-4-8-19(18)25/h3-14H,2,15-16H2,1H3,(H,26,29). The molecule has 0 aliphatic heterocycles. The Morgan fingerprint density at radius 3 is 2.48 bits per heavy atom. The lowest BCUT2D eigenvalue weighted by atomic mass is 10.2. The number of halogens is 1. The Balaban J connectivity index is 1.59. The number of anilines is 1. The first kappa shape index (κ1) is 20.4. The summed E-state index contributed by atoms with van der Waals surface area (Å²) < 4.78 is 22.6. The van der Waals surface area contributed by atoms with Gasteiger partial charge in [-0.3, -0.25) is 9.59 Å². The molecule has 31 heavy (non-hydrogen) atoms. The molecule has 0 aliphatic rings. The third-order valence-electron chi connectivity index (χ3n) is 4.97. The van der Waals surface area contributed by atoms with Gasteiger partial charge in [0.25, 0.3) is 5.56 Å². The van der Waals surface area contributed by atoms with Crippen LogP contribution in [0.2, 0.25) is 0 Å². The van der Waals surface area contributed by atoms with E-state index in [0.717, 1.165) is 5.39 Å². The van der Waals surface area contributed by atoms with Crippen molar-refractivity contribution in [1.82, 2.24) is 9.13 Å². The third kappa shape index (κ3) is 4.35. The zero-order valence-electron chi connectivity index (χ0n) is 17.0. The van der Waals surface area contributed by atoms with E-state index in [0.29, 0.717) is 29.1 Å². The van der Waals surface area contributed by atoms with E-state index in [1.807, 2.05) is 13.0 Å². The average Bonchev–Trinajstić information content (AvgIpc) is 3.17. The first-order valence-electron chi connectivity index (χ1n) is 10.00. The number of carbonyl (C=O) groups is 1. The van der Waals surface area contributed by atoms with E-state index in [9.17, 15) is 14.0 Å². The molecule has 1 amide bonds. The molecule has 1 N–H and O–H groups in total. The molecule has 4 rings (SSSR count). The van der Waals surface area contributed by atoms with Crippen molar-refractivity contribution in [3.05, 3.63) is 94.8 Å². The van der Waals surface area contributed by atoms with Crippen LogP contribution in [0.15, 0.2) is 77.9 Å². The number of para-hydroxylation sites is 2. The topological polar surface area (TPSA) is 65.3 Å². The van der Waals surface area contributed by atoms with Gasteiger partial charge in [-0.25, -0.2) is 4.39 Å². The first-order valence-corrected chi connectivity index (χ1v) is 10.00. The van der Waals surface area contributed by atoms with Gasteiger partial charge in [-0.05, 0) is 37.3 Å². The maximum Gasteiger partial charge on any atom is 0.275 e. The molecule has 158 valence electrons. The van der Waals surface area contributed by atoms with Gasteiger partial charge in [0.1, 0.15) is 23.6 Å². The fraction of sp³-hybridized carbons (Fsp3) is 0.167. The van der Waals surface area contributed by atoms with Gasteiger partial charge in [0, 0.05) is 23.3 Å². The number of benzene rings is 2. The van der Waals surface area contributed by atoms with Crippen molar-refractivity contribution in [3.8, 4) is 5.75 Å². The molecule has 0 bridgehead atoms. The highest BCUT2D eigenvalue weighted by molar-refractivity contribution is 5.92. The van der Waals surface area contributed by atoms with Crippen LogP contribution in [0.4, 0.5) is 10.1 Å². The predicted octanol–water partition coefficient (Wildman–Crippen LogP) is 4.03. The second-order valence-electron chi connectivity index (χ2n) is 7.07. The lowest BCUT2D eigenvalue weighted by Crippen LogP contribution is -2.28.